The smallest absolute Gasteiger partial charge is 0.380 e. The lowest BCUT2D eigenvalue weighted by Crippen LogP contribution is -2.36. The quantitative estimate of drug-likeness (QED) is 0.603. The summed E-state index contributed by atoms with van der Waals surface area (Å²) in [7, 11) is 0. The summed E-state index contributed by atoms with van der Waals surface area (Å²) in [5.74, 6) is -0.377. The van der Waals surface area contributed by atoms with Gasteiger partial charge in [-0.05, 0) is 28.5 Å². The minimum absolute atomic E-state index is 0.0295. The minimum Gasteiger partial charge on any atom is -0.387 e. The fourth-order valence-corrected chi connectivity index (χ4v) is 2.77. The molecular weight excluding hydrogens is 388 g/mol. The molecule has 134 valence electrons. The zero-order chi connectivity index (χ0) is 18.1. The molecule has 3 N–H and O–H groups in total. The maximum Gasteiger partial charge on any atom is 0.380 e. The molecule has 1 saturated heterocycles. The van der Waals surface area contributed by atoms with E-state index in [1.54, 1.807) is 0 Å². The highest BCUT2D eigenvalue weighted by Gasteiger charge is 2.44. The van der Waals surface area contributed by atoms with E-state index >= 15 is 0 Å². The van der Waals surface area contributed by atoms with E-state index in [2.05, 4.69) is 14.8 Å². The summed E-state index contributed by atoms with van der Waals surface area (Å²) in [5, 5.41) is 22.3. The van der Waals surface area contributed by atoms with E-state index in [9.17, 15) is 24.4 Å². The molecule has 13 heteroatoms. The molecule has 0 aliphatic carbocycles. The summed E-state index contributed by atoms with van der Waals surface area (Å²) < 4.78 is 22.0. The third kappa shape index (κ3) is 4.76. The summed E-state index contributed by atoms with van der Waals surface area (Å²) >= 11 is 10.5. The van der Waals surface area contributed by atoms with Crippen LogP contribution in [0.1, 0.15) is 13.2 Å². The second-order valence-corrected chi connectivity index (χ2v) is 9.22. The first-order chi connectivity index (χ1) is 11.1. The highest BCUT2D eigenvalue weighted by atomic mass is 35.9. The van der Waals surface area contributed by atoms with Crippen molar-refractivity contribution in [1.82, 2.24) is 9.55 Å². The van der Waals surface area contributed by atoms with Crippen LogP contribution in [0, 0.1) is 0 Å². The van der Waals surface area contributed by atoms with Crippen LogP contribution in [-0.4, -0.2) is 50.6 Å². The molecule has 0 spiro atoms. The number of nitrogens with one attached hydrogen (secondary N) is 1. The van der Waals surface area contributed by atoms with Crippen LogP contribution < -0.4 is 11.0 Å². The van der Waals surface area contributed by atoms with Crippen LogP contribution in [0.5, 0.6) is 0 Å². The largest absolute Gasteiger partial charge is 0.387 e. The Morgan fingerprint density at radius 2 is 2.17 bits per heavy atom. The van der Waals surface area contributed by atoms with Gasteiger partial charge in [0, 0.05) is 13.1 Å². The fraction of sp³-hybridized carbons (Fsp3) is 0.545. The number of carbonyl (C=O) groups excluding carboxylic acids is 1. The molecule has 1 aromatic rings. The van der Waals surface area contributed by atoms with Crippen LogP contribution in [0.3, 0.4) is 0 Å². The Hall–Kier alpha value is -1.00. The number of halogens is 2. The van der Waals surface area contributed by atoms with Gasteiger partial charge < -0.3 is 24.8 Å². The van der Waals surface area contributed by atoms with Gasteiger partial charge in [-0.25, -0.2) is 4.79 Å². The Morgan fingerprint density at radius 1 is 1.50 bits per heavy atom. The summed E-state index contributed by atoms with van der Waals surface area (Å²) in [6.45, 7) is 0.801. The van der Waals surface area contributed by atoms with Crippen molar-refractivity contribution < 1.29 is 28.8 Å². The Balaban J connectivity index is 2.16. The zero-order valence-corrected chi connectivity index (χ0v) is 14.6. The number of aliphatic hydroxyl groups excluding tert-OH is 2. The van der Waals surface area contributed by atoms with Crippen molar-refractivity contribution in [2.45, 2.75) is 31.5 Å². The molecule has 2 heterocycles. The van der Waals surface area contributed by atoms with Gasteiger partial charge in [0.2, 0.25) is 5.91 Å². The molecule has 1 aliphatic rings. The third-order valence-corrected chi connectivity index (χ3v) is 4.17. The van der Waals surface area contributed by atoms with Gasteiger partial charge in [-0.1, -0.05) is 0 Å². The Bertz CT molecular complexity index is 724. The van der Waals surface area contributed by atoms with Gasteiger partial charge in [-0.3, -0.25) is 13.9 Å². The fourth-order valence-electron chi connectivity index (χ4n) is 2.11. The average Bonchev–Trinajstić information content (AvgIpc) is 2.72. The first kappa shape index (κ1) is 19.3. The van der Waals surface area contributed by atoms with Gasteiger partial charge in [0.1, 0.15) is 24.1 Å². The van der Waals surface area contributed by atoms with Crippen molar-refractivity contribution in [1.29, 1.82) is 0 Å². The number of nitrogens with zero attached hydrogens (tertiary/aromatic N) is 2. The van der Waals surface area contributed by atoms with E-state index in [0.717, 1.165) is 4.57 Å². The summed E-state index contributed by atoms with van der Waals surface area (Å²) in [5.41, 5.74) is -0.820. The molecule has 0 aromatic carbocycles. The molecule has 0 bridgehead atoms. The van der Waals surface area contributed by atoms with Gasteiger partial charge in [0.25, 0.3) is 0 Å². The second-order valence-electron chi connectivity index (χ2n) is 4.94. The zero-order valence-electron chi connectivity index (χ0n) is 12.2. The van der Waals surface area contributed by atoms with E-state index in [1.807, 2.05) is 0 Å². The Morgan fingerprint density at radius 3 is 2.71 bits per heavy atom. The lowest BCUT2D eigenvalue weighted by molar-refractivity contribution is -0.114. The number of ether oxygens (including phenoxy) is 1. The van der Waals surface area contributed by atoms with E-state index in [1.165, 1.54) is 19.2 Å². The number of hydrogen-bond donors (Lipinski definition) is 3. The summed E-state index contributed by atoms with van der Waals surface area (Å²) in [4.78, 5) is 26.5. The molecule has 24 heavy (non-hydrogen) atoms. The number of carbonyl (C=O) groups is 1. The summed E-state index contributed by atoms with van der Waals surface area (Å²) in [6.07, 6.45) is -7.88. The summed E-state index contributed by atoms with van der Waals surface area (Å²) in [6, 6.07) is 1.32. The molecule has 0 radical (unpaired) electrons. The van der Waals surface area contributed by atoms with Gasteiger partial charge in [0.15, 0.2) is 6.23 Å². The predicted molar refractivity (Wildman–Crippen MR) is 84.0 cm³/mol. The molecule has 2 rings (SSSR count). The number of aromatic nitrogens is 2. The minimum atomic E-state index is -3.84. The van der Waals surface area contributed by atoms with Gasteiger partial charge >= 0.3 is 11.8 Å². The molecular formula is C11H14Cl2N3O7P. The Kier molecular flexibility index (Phi) is 6.03. The van der Waals surface area contributed by atoms with Crippen LogP contribution in [0.4, 0.5) is 5.82 Å². The molecule has 1 amide bonds. The van der Waals surface area contributed by atoms with E-state index in [4.69, 9.17) is 27.2 Å². The molecule has 1 fully saturated rings. The number of aliphatic hydroxyl groups is 2. The van der Waals surface area contributed by atoms with Crippen LogP contribution in [-0.2, 0) is 18.6 Å². The topological polar surface area (TPSA) is 140 Å². The second kappa shape index (κ2) is 7.49. The van der Waals surface area contributed by atoms with Crippen molar-refractivity contribution in [3.8, 4) is 0 Å². The van der Waals surface area contributed by atoms with Crippen molar-refractivity contribution in [2.24, 2.45) is 0 Å². The highest BCUT2D eigenvalue weighted by Crippen LogP contribution is 2.57. The van der Waals surface area contributed by atoms with Crippen molar-refractivity contribution in [3.63, 3.8) is 0 Å². The van der Waals surface area contributed by atoms with Crippen LogP contribution in [0.2, 0.25) is 0 Å². The number of hydrogen-bond acceptors (Lipinski definition) is 8. The molecule has 1 aliphatic heterocycles. The number of amides is 1. The average molecular weight is 402 g/mol. The van der Waals surface area contributed by atoms with Gasteiger partial charge in [-0.15, -0.1) is 0 Å². The van der Waals surface area contributed by atoms with E-state index < -0.39 is 48.8 Å². The monoisotopic (exact) mass is 401 g/mol. The number of rotatable bonds is 5. The van der Waals surface area contributed by atoms with Crippen LogP contribution in [0.25, 0.3) is 0 Å². The predicted octanol–water partition coefficient (Wildman–Crippen LogP) is 0.423. The van der Waals surface area contributed by atoms with Crippen molar-refractivity contribution in [3.05, 3.63) is 22.7 Å². The molecule has 10 nitrogen and oxygen atoms in total. The van der Waals surface area contributed by atoms with Crippen molar-refractivity contribution in [2.75, 3.05) is 11.9 Å². The molecule has 4 atom stereocenters. The highest BCUT2D eigenvalue weighted by molar-refractivity contribution is 8.05. The van der Waals surface area contributed by atoms with Gasteiger partial charge in [0.05, 0.1) is 6.61 Å². The lowest BCUT2D eigenvalue weighted by atomic mass is 10.1. The van der Waals surface area contributed by atoms with Gasteiger partial charge in [-0.2, -0.15) is 4.98 Å². The molecule has 1 aromatic heterocycles. The maximum absolute atomic E-state index is 12.0. The van der Waals surface area contributed by atoms with Crippen LogP contribution in [0.15, 0.2) is 17.1 Å². The SMILES string of the molecule is CC(=O)Nc1ccn([C@@H]2O[C@H](COP(=O)(Cl)Cl)C(O)[C@@H]2O)c(=O)n1. The Labute approximate surface area is 145 Å². The third-order valence-electron chi connectivity index (χ3n) is 3.13. The maximum atomic E-state index is 12.0. The van der Waals surface area contributed by atoms with Crippen LogP contribution >= 0.6 is 28.6 Å². The normalized spacial score (nSPS) is 27.2. The van der Waals surface area contributed by atoms with Crippen molar-refractivity contribution >= 4 is 40.3 Å². The first-order valence-corrected chi connectivity index (χ1v) is 10.0. The van der Waals surface area contributed by atoms with E-state index in [-0.39, 0.29) is 5.82 Å². The molecule has 1 unspecified atom stereocenters. The number of anilines is 1. The molecule has 0 saturated carbocycles. The van der Waals surface area contributed by atoms with E-state index in [0.29, 0.717) is 0 Å². The lowest BCUT2D eigenvalue weighted by Gasteiger charge is -2.17. The standard InChI is InChI=1S/C11H14Cl2N3O7P/c1-5(17)14-7-2-3-16(11(20)15-7)10-9(19)8(18)6(23-10)4-22-24(12,13)21/h2-3,6,8-10,18-19H,4H2,1H3,(H,14,15,17,20)/t6-,8?,9+,10-/m1/s1. The first-order valence-electron chi connectivity index (χ1n) is 6.61.